The van der Waals surface area contributed by atoms with Crippen LogP contribution in [0.1, 0.15) is 52.9 Å². The van der Waals surface area contributed by atoms with Gasteiger partial charge in [0.1, 0.15) is 0 Å². The molecule has 4 heteroatoms. The smallest absolute Gasteiger partial charge is 0.225 e. The van der Waals surface area contributed by atoms with Crippen LogP contribution < -0.4 is 0 Å². The second kappa shape index (κ2) is 8.18. The maximum absolute atomic E-state index is 12.0. The summed E-state index contributed by atoms with van der Waals surface area (Å²) in [6.45, 7) is 8.81. The summed E-state index contributed by atoms with van der Waals surface area (Å²) in [5.41, 5.74) is 0. The summed E-state index contributed by atoms with van der Waals surface area (Å²) in [7, 11) is 0. The third-order valence-electron chi connectivity index (χ3n) is 3.68. The van der Waals surface area contributed by atoms with Gasteiger partial charge in [-0.15, -0.1) is 0 Å². The Morgan fingerprint density at radius 3 is 2.05 bits per heavy atom. The Bertz CT molecular complexity index is 295. The van der Waals surface area contributed by atoms with Crippen molar-refractivity contribution in [3.8, 4) is 0 Å². The molecule has 0 aromatic rings. The van der Waals surface area contributed by atoms with Crippen LogP contribution in [-0.2, 0) is 9.59 Å². The van der Waals surface area contributed by atoms with Crippen molar-refractivity contribution in [3.05, 3.63) is 0 Å². The zero-order chi connectivity index (χ0) is 14.3. The summed E-state index contributed by atoms with van der Waals surface area (Å²) in [6, 6.07) is 0. The van der Waals surface area contributed by atoms with Crippen molar-refractivity contribution in [2.75, 3.05) is 26.2 Å². The number of piperazine rings is 1. The molecule has 0 aromatic carbocycles. The lowest BCUT2D eigenvalue weighted by molar-refractivity contribution is -0.141. The lowest BCUT2D eigenvalue weighted by atomic mass is 10.1. The van der Waals surface area contributed by atoms with E-state index in [0.717, 1.165) is 12.8 Å². The van der Waals surface area contributed by atoms with Gasteiger partial charge in [-0.05, 0) is 6.42 Å². The molecule has 1 saturated heterocycles. The molecule has 1 heterocycles. The lowest BCUT2D eigenvalue weighted by Crippen LogP contribution is -2.51. The topological polar surface area (TPSA) is 40.6 Å². The van der Waals surface area contributed by atoms with Gasteiger partial charge in [0.15, 0.2) is 0 Å². The average molecular weight is 268 g/mol. The van der Waals surface area contributed by atoms with E-state index in [-0.39, 0.29) is 17.7 Å². The van der Waals surface area contributed by atoms with Gasteiger partial charge in [0.25, 0.3) is 0 Å². The number of rotatable bonds is 6. The maximum Gasteiger partial charge on any atom is 0.225 e. The molecule has 0 N–H and O–H groups in total. The fourth-order valence-corrected chi connectivity index (χ4v) is 2.40. The number of unbranched alkanes of at least 4 members (excludes halogenated alkanes) is 3. The summed E-state index contributed by atoms with van der Waals surface area (Å²) in [4.78, 5) is 27.6. The molecule has 1 fully saturated rings. The van der Waals surface area contributed by atoms with Crippen molar-refractivity contribution in [1.82, 2.24) is 9.80 Å². The SMILES string of the molecule is CCCCCCC(=O)N1CCN(C(=O)C(C)C)CC1. The van der Waals surface area contributed by atoms with Crippen molar-refractivity contribution in [2.45, 2.75) is 52.9 Å². The van der Waals surface area contributed by atoms with E-state index in [1.807, 2.05) is 23.6 Å². The third kappa shape index (κ3) is 5.21. The summed E-state index contributed by atoms with van der Waals surface area (Å²) in [6.07, 6.45) is 5.22. The number of amides is 2. The number of carbonyl (C=O) groups is 2. The predicted octanol–water partition coefficient (Wildman–Crippen LogP) is 2.28. The fraction of sp³-hybridized carbons (Fsp3) is 0.867. The van der Waals surface area contributed by atoms with Crippen molar-refractivity contribution >= 4 is 11.8 Å². The average Bonchev–Trinajstić information content (AvgIpc) is 2.42. The number of nitrogens with zero attached hydrogens (tertiary/aromatic N) is 2. The first kappa shape index (κ1) is 16.0. The van der Waals surface area contributed by atoms with E-state index in [4.69, 9.17) is 0 Å². The van der Waals surface area contributed by atoms with Gasteiger partial charge in [0.2, 0.25) is 11.8 Å². The van der Waals surface area contributed by atoms with Crippen LogP contribution in [0.25, 0.3) is 0 Å². The first-order valence-corrected chi connectivity index (χ1v) is 7.62. The van der Waals surface area contributed by atoms with Crippen LogP contribution in [0.4, 0.5) is 0 Å². The van der Waals surface area contributed by atoms with Crippen LogP contribution in [0.3, 0.4) is 0 Å². The van der Waals surface area contributed by atoms with E-state index < -0.39 is 0 Å². The van der Waals surface area contributed by atoms with E-state index in [1.165, 1.54) is 12.8 Å². The first-order chi connectivity index (χ1) is 9.06. The Hall–Kier alpha value is -1.06. The normalized spacial score (nSPS) is 16.0. The Labute approximate surface area is 117 Å². The molecule has 2 amide bonds. The summed E-state index contributed by atoms with van der Waals surface area (Å²) in [5.74, 6) is 0.513. The van der Waals surface area contributed by atoms with Gasteiger partial charge in [-0.3, -0.25) is 9.59 Å². The van der Waals surface area contributed by atoms with Crippen LogP contribution in [-0.4, -0.2) is 47.8 Å². The van der Waals surface area contributed by atoms with Gasteiger partial charge >= 0.3 is 0 Å². The van der Waals surface area contributed by atoms with E-state index in [1.54, 1.807) is 0 Å². The Morgan fingerprint density at radius 1 is 0.947 bits per heavy atom. The zero-order valence-electron chi connectivity index (χ0n) is 12.7. The van der Waals surface area contributed by atoms with Gasteiger partial charge in [0.05, 0.1) is 0 Å². The molecular formula is C15H28N2O2. The van der Waals surface area contributed by atoms with Crippen molar-refractivity contribution in [3.63, 3.8) is 0 Å². The minimum absolute atomic E-state index is 0.0521. The second-order valence-corrected chi connectivity index (χ2v) is 5.67. The molecule has 1 aliphatic heterocycles. The summed E-state index contributed by atoms with van der Waals surface area (Å²) in [5, 5.41) is 0. The summed E-state index contributed by atoms with van der Waals surface area (Å²) >= 11 is 0. The largest absolute Gasteiger partial charge is 0.339 e. The zero-order valence-corrected chi connectivity index (χ0v) is 12.7. The van der Waals surface area contributed by atoms with Crippen LogP contribution in [0.2, 0.25) is 0 Å². The molecule has 0 bridgehead atoms. The van der Waals surface area contributed by atoms with Crippen molar-refractivity contribution in [2.24, 2.45) is 5.92 Å². The number of hydrogen-bond donors (Lipinski definition) is 0. The van der Waals surface area contributed by atoms with Gasteiger partial charge in [-0.2, -0.15) is 0 Å². The van der Waals surface area contributed by atoms with Crippen LogP contribution in [0.5, 0.6) is 0 Å². The molecule has 0 spiro atoms. The highest BCUT2D eigenvalue weighted by Crippen LogP contribution is 2.10. The monoisotopic (exact) mass is 268 g/mol. The quantitative estimate of drug-likeness (QED) is 0.693. The molecule has 0 radical (unpaired) electrons. The third-order valence-corrected chi connectivity index (χ3v) is 3.68. The molecule has 1 aliphatic rings. The molecule has 1 rings (SSSR count). The van der Waals surface area contributed by atoms with E-state index in [9.17, 15) is 9.59 Å². The highest BCUT2D eigenvalue weighted by atomic mass is 16.2. The first-order valence-electron chi connectivity index (χ1n) is 7.62. The van der Waals surface area contributed by atoms with Crippen LogP contribution >= 0.6 is 0 Å². The fourth-order valence-electron chi connectivity index (χ4n) is 2.40. The van der Waals surface area contributed by atoms with Gasteiger partial charge in [-0.1, -0.05) is 40.0 Å². The summed E-state index contributed by atoms with van der Waals surface area (Å²) < 4.78 is 0. The standard InChI is InChI=1S/C15H28N2O2/c1-4-5-6-7-8-14(18)16-9-11-17(12-10-16)15(19)13(2)3/h13H,4-12H2,1-3H3. The van der Waals surface area contributed by atoms with Gasteiger partial charge in [0, 0.05) is 38.5 Å². The maximum atomic E-state index is 12.0. The van der Waals surface area contributed by atoms with Crippen molar-refractivity contribution in [1.29, 1.82) is 0 Å². The molecule has 0 saturated carbocycles. The van der Waals surface area contributed by atoms with E-state index in [0.29, 0.717) is 32.6 Å². The Balaban J connectivity index is 2.25. The number of hydrogen-bond acceptors (Lipinski definition) is 2. The molecule has 0 aliphatic carbocycles. The molecule has 110 valence electrons. The van der Waals surface area contributed by atoms with E-state index >= 15 is 0 Å². The van der Waals surface area contributed by atoms with Crippen LogP contribution in [0.15, 0.2) is 0 Å². The molecule has 4 nitrogen and oxygen atoms in total. The van der Waals surface area contributed by atoms with E-state index in [2.05, 4.69) is 6.92 Å². The molecule has 19 heavy (non-hydrogen) atoms. The Morgan fingerprint density at radius 2 is 1.53 bits per heavy atom. The number of carbonyl (C=O) groups excluding carboxylic acids is 2. The Kier molecular flexibility index (Phi) is 6.89. The molecular weight excluding hydrogens is 240 g/mol. The molecule has 0 unspecified atom stereocenters. The lowest BCUT2D eigenvalue weighted by Gasteiger charge is -2.35. The molecule has 0 atom stereocenters. The predicted molar refractivity (Wildman–Crippen MR) is 76.8 cm³/mol. The van der Waals surface area contributed by atoms with Gasteiger partial charge in [-0.25, -0.2) is 0 Å². The second-order valence-electron chi connectivity index (χ2n) is 5.67. The molecule has 0 aromatic heterocycles. The van der Waals surface area contributed by atoms with Crippen LogP contribution in [0, 0.1) is 5.92 Å². The minimum Gasteiger partial charge on any atom is -0.339 e. The van der Waals surface area contributed by atoms with Crippen molar-refractivity contribution < 1.29 is 9.59 Å². The highest BCUT2D eigenvalue weighted by molar-refractivity contribution is 5.79. The minimum atomic E-state index is 0.0521. The highest BCUT2D eigenvalue weighted by Gasteiger charge is 2.24. The van der Waals surface area contributed by atoms with Gasteiger partial charge < -0.3 is 9.80 Å².